The van der Waals surface area contributed by atoms with Gasteiger partial charge < -0.3 is 14.6 Å². The van der Waals surface area contributed by atoms with Crippen molar-refractivity contribution in [3.05, 3.63) is 22.5 Å². The van der Waals surface area contributed by atoms with Crippen LogP contribution in [0.25, 0.3) is 11.1 Å². The third kappa shape index (κ3) is 2.19. The average molecular weight is 280 g/mol. The van der Waals surface area contributed by atoms with Gasteiger partial charge in [0.1, 0.15) is 5.52 Å². The molecule has 1 fully saturated rings. The summed E-state index contributed by atoms with van der Waals surface area (Å²) in [4.78, 5) is 6.91. The Kier molecular flexibility index (Phi) is 3.37. The standard InChI is InChI=1S/C14H18ClN3O/c1-3-12-17-13-9(2)11(8-10(15)14(13)19-12)18-6-4-16-5-7-18/h8,16H,3-7H2,1-2H3. The Balaban J connectivity index is 2.12. The zero-order valence-corrected chi connectivity index (χ0v) is 12.0. The number of rotatable bonds is 2. The first kappa shape index (κ1) is 12.8. The minimum atomic E-state index is 0.654. The third-order valence-electron chi connectivity index (χ3n) is 3.65. The van der Waals surface area contributed by atoms with Gasteiger partial charge in [-0.1, -0.05) is 18.5 Å². The molecule has 1 aromatic carbocycles. The van der Waals surface area contributed by atoms with E-state index < -0.39 is 0 Å². The van der Waals surface area contributed by atoms with E-state index in [9.17, 15) is 0 Å². The highest BCUT2D eigenvalue weighted by Crippen LogP contribution is 2.34. The van der Waals surface area contributed by atoms with Crippen LogP contribution in [0.15, 0.2) is 10.5 Å². The minimum absolute atomic E-state index is 0.654. The predicted molar refractivity (Wildman–Crippen MR) is 78.2 cm³/mol. The summed E-state index contributed by atoms with van der Waals surface area (Å²) in [6, 6.07) is 2.01. The quantitative estimate of drug-likeness (QED) is 0.918. The largest absolute Gasteiger partial charge is 0.439 e. The van der Waals surface area contributed by atoms with Gasteiger partial charge in [0.25, 0.3) is 0 Å². The van der Waals surface area contributed by atoms with Gasteiger partial charge in [-0.25, -0.2) is 4.98 Å². The van der Waals surface area contributed by atoms with Gasteiger partial charge in [-0.05, 0) is 13.0 Å². The van der Waals surface area contributed by atoms with Crippen LogP contribution in [0.1, 0.15) is 18.4 Å². The molecular formula is C14H18ClN3O. The second-order valence-corrected chi connectivity index (χ2v) is 5.29. The summed E-state index contributed by atoms with van der Waals surface area (Å²) in [6.07, 6.45) is 0.785. The lowest BCUT2D eigenvalue weighted by atomic mass is 10.1. The van der Waals surface area contributed by atoms with E-state index in [1.54, 1.807) is 0 Å². The SMILES string of the molecule is CCc1nc2c(C)c(N3CCNCC3)cc(Cl)c2o1. The lowest BCUT2D eigenvalue weighted by molar-refractivity contribution is 0.538. The number of aromatic nitrogens is 1. The molecule has 0 radical (unpaired) electrons. The van der Waals surface area contributed by atoms with Crippen molar-refractivity contribution in [2.24, 2.45) is 0 Å². The molecule has 102 valence electrons. The van der Waals surface area contributed by atoms with E-state index in [1.165, 1.54) is 5.69 Å². The van der Waals surface area contributed by atoms with Crippen LogP contribution >= 0.6 is 11.6 Å². The van der Waals surface area contributed by atoms with Gasteiger partial charge in [-0.2, -0.15) is 0 Å². The maximum Gasteiger partial charge on any atom is 0.195 e. The van der Waals surface area contributed by atoms with Crippen molar-refractivity contribution in [3.63, 3.8) is 0 Å². The molecule has 2 aromatic rings. The van der Waals surface area contributed by atoms with Gasteiger partial charge in [0.15, 0.2) is 11.5 Å². The second kappa shape index (κ2) is 5.02. The van der Waals surface area contributed by atoms with E-state index in [0.717, 1.165) is 55.2 Å². The molecule has 1 N–H and O–H groups in total. The number of nitrogens with one attached hydrogen (secondary N) is 1. The molecule has 1 saturated heterocycles. The van der Waals surface area contributed by atoms with Crippen LogP contribution in [-0.4, -0.2) is 31.2 Å². The Morgan fingerprint density at radius 1 is 1.42 bits per heavy atom. The highest BCUT2D eigenvalue weighted by Gasteiger charge is 2.19. The number of benzene rings is 1. The van der Waals surface area contributed by atoms with Crippen molar-refractivity contribution in [2.45, 2.75) is 20.3 Å². The highest BCUT2D eigenvalue weighted by atomic mass is 35.5. The molecule has 0 saturated carbocycles. The summed E-state index contributed by atoms with van der Waals surface area (Å²) >= 11 is 6.35. The Morgan fingerprint density at radius 3 is 2.84 bits per heavy atom. The normalized spacial score (nSPS) is 16.3. The van der Waals surface area contributed by atoms with Crippen molar-refractivity contribution < 1.29 is 4.42 Å². The fourth-order valence-corrected chi connectivity index (χ4v) is 2.81. The number of anilines is 1. The van der Waals surface area contributed by atoms with Gasteiger partial charge >= 0.3 is 0 Å². The number of hydrogen-bond donors (Lipinski definition) is 1. The number of piperazine rings is 1. The lowest BCUT2D eigenvalue weighted by Crippen LogP contribution is -2.43. The number of hydrogen-bond acceptors (Lipinski definition) is 4. The molecule has 1 aliphatic rings. The molecule has 2 heterocycles. The van der Waals surface area contributed by atoms with Crippen LogP contribution in [-0.2, 0) is 6.42 Å². The maximum atomic E-state index is 6.35. The molecule has 0 aliphatic carbocycles. The molecular weight excluding hydrogens is 262 g/mol. The number of oxazole rings is 1. The van der Waals surface area contributed by atoms with Crippen molar-refractivity contribution in [1.82, 2.24) is 10.3 Å². The first-order valence-corrected chi connectivity index (χ1v) is 7.12. The fraction of sp³-hybridized carbons (Fsp3) is 0.500. The second-order valence-electron chi connectivity index (χ2n) is 4.88. The van der Waals surface area contributed by atoms with Gasteiger partial charge in [-0.3, -0.25) is 0 Å². The Bertz CT molecular complexity index is 602. The van der Waals surface area contributed by atoms with Crippen LogP contribution in [0.5, 0.6) is 0 Å². The molecule has 0 bridgehead atoms. The molecule has 0 amide bonds. The van der Waals surface area contributed by atoms with Crippen LogP contribution in [0.4, 0.5) is 5.69 Å². The van der Waals surface area contributed by atoms with Crippen molar-refractivity contribution >= 4 is 28.4 Å². The number of nitrogens with zero attached hydrogens (tertiary/aromatic N) is 2. The van der Waals surface area contributed by atoms with Gasteiger partial charge in [-0.15, -0.1) is 0 Å². The number of aryl methyl sites for hydroxylation is 2. The molecule has 19 heavy (non-hydrogen) atoms. The molecule has 0 unspecified atom stereocenters. The monoisotopic (exact) mass is 279 g/mol. The molecule has 1 aromatic heterocycles. The molecule has 3 rings (SSSR count). The topological polar surface area (TPSA) is 41.3 Å². The highest BCUT2D eigenvalue weighted by molar-refractivity contribution is 6.35. The first-order chi connectivity index (χ1) is 9.20. The van der Waals surface area contributed by atoms with E-state index >= 15 is 0 Å². The Hall–Kier alpha value is -1.26. The van der Waals surface area contributed by atoms with Crippen molar-refractivity contribution in [1.29, 1.82) is 0 Å². The Morgan fingerprint density at radius 2 is 2.16 bits per heavy atom. The zero-order chi connectivity index (χ0) is 13.4. The van der Waals surface area contributed by atoms with E-state index in [2.05, 4.69) is 22.1 Å². The minimum Gasteiger partial charge on any atom is -0.439 e. The van der Waals surface area contributed by atoms with Crippen molar-refractivity contribution in [3.8, 4) is 0 Å². The van der Waals surface area contributed by atoms with Crippen LogP contribution < -0.4 is 10.2 Å². The van der Waals surface area contributed by atoms with Gasteiger partial charge in [0, 0.05) is 43.9 Å². The van der Waals surface area contributed by atoms with E-state index in [1.807, 2.05) is 13.0 Å². The molecule has 1 aliphatic heterocycles. The fourth-order valence-electron chi connectivity index (χ4n) is 2.58. The summed E-state index contributed by atoms with van der Waals surface area (Å²) in [5, 5.41) is 4.01. The van der Waals surface area contributed by atoms with E-state index in [-0.39, 0.29) is 0 Å². The van der Waals surface area contributed by atoms with Crippen molar-refractivity contribution in [2.75, 3.05) is 31.1 Å². The molecule has 4 nitrogen and oxygen atoms in total. The summed E-state index contributed by atoms with van der Waals surface area (Å²) in [5.41, 5.74) is 3.95. The smallest absolute Gasteiger partial charge is 0.195 e. The number of fused-ring (bicyclic) bond motifs is 1. The summed E-state index contributed by atoms with van der Waals surface area (Å²) in [7, 11) is 0. The molecule has 0 spiro atoms. The van der Waals surface area contributed by atoms with Crippen LogP contribution in [0.2, 0.25) is 5.02 Å². The average Bonchev–Trinajstić information content (AvgIpc) is 2.89. The van der Waals surface area contributed by atoms with Crippen LogP contribution in [0, 0.1) is 6.92 Å². The van der Waals surface area contributed by atoms with Crippen LogP contribution in [0.3, 0.4) is 0 Å². The number of halogens is 1. The Labute approximate surface area is 117 Å². The first-order valence-electron chi connectivity index (χ1n) is 6.75. The third-order valence-corrected chi connectivity index (χ3v) is 3.93. The summed E-state index contributed by atoms with van der Waals surface area (Å²) < 4.78 is 5.70. The zero-order valence-electron chi connectivity index (χ0n) is 11.3. The van der Waals surface area contributed by atoms with E-state index in [4.69, 9.17) is 16.0 Å². The predicted octanol–water partition coefficient (Wildman–Crippen LogP) is 2.76. The summed E-state index contributed by atoms with van der Waals surface area (Å²) in [6.45, 7) is 8.15. The van der Waals surface area contributed by atoms with E-state index in [0.29, 0.717) is 5.02 Å². The molecule has 0 atom stereocenters. The molecule has 5 heteroatoms. The maximum absolute atomic E-state index is 6.35. The van der Waals surface area contributed by atoms with Gasteiger partial charge in [0.05, 0.1) is 5.02 Å². The summed E-state index contributed by atoms with van der Waals surface area (Å²) in [5.74, 6) is 0.748. The van der Waals surface area contributed by atoms with Gasteiger partial charge in [0.2, 0.25) is 0 Å². The lowest BCUT2D eigenvalue weighted by Gasteiger charge is -2.30.